The SMILES string of the molecule is C=C1C(=O)OCC12C(=O)N(C)c1ccc(C=O)cc12. The Bertz CT molecular complexity index is 649. The monoisotopic (exact) mass is 257 g/mol. The van der Waals surface area contributed by atoms with Crippen LogP contribution in [0.4, 0.5) is 5.69 Å². The first-order valence-corrected chi connectivity index (χ1v) is 5.76. The van der Waals surface area contributed by atoms with Crippen molar-refractivity contribution in [2.75, 3.05) is 18.6 Å². The molecule has 1 fully saturated rings. The van der Waals surface area contributed by atoms with Gasteiger partial charge in [-0.05, 0) is 18.2 Å². The zero-order valence-electron chi connectivity index (χ0n) is 10.3. The molecule has 1 atom stereocenters. The minimum Gasteiger partial charge on any atom is -0.460 e. The molecule has 1 aromatic rings. The molecule has 3 rings (SSSR count). The topological polar surface area (TPSA) is 63.7 Å². The van der Waals surface area contributed by atoms with Crippen LogP contribution in [0, 0.1) is 0 Å². The Balaban J connectivity index is 2.30. The Kier molecular flexibility index (Phi) is 2.17. The van der Waals surface area contributed by atoms with Crippen molar-refractivity contribution in [1.29, 1.82) is 0 Å². The number of rotatable bonds is 1. The van der Waals surface area contributed by atoms with Crippen LogP contribution in [0.2, 0.25) is 0 Å². The van der Waals surface area contributed by atoms with Crippen LogP contribution < -0.4 is 4.90 Å². The van der Waals surface area contributed by atoms with Crippen molar-refractivity contribution < 1.29 is 19.1 Å². The molecule has 0 aliphatic carbocycles. The summed E-state index contributed by atoms with van der Waals surface area (Å²) in [5.74, 6) is -0.812. The van der Waals surface area contributed by atoms with Crippen molar-refractivity contribution in [3.8, 4) is 0 Å². The van der Waals surface area contributed by atoms with E-state index in [-0.39, 0.29) is 18.1 Å². The molecule has 96 valence electrons. The summed E-state index contributed by atoms with van der Waals surface area (Å²) in [5, 5.41) is 0. The molecule has 1 aromatic carbocycles. The number of carbonyl (C=O) groups excluding carboxylic acids is 3. The number of anilines is 1. The van der Waals surface area contributed by atoms with E-state index in [1.807, 2.05) is 0 Å². The van der Waals surface area contributed by atoms with Gasteiger partial charge in [0.15, 0.2) is 0 Å². The van der Waals surface area contributed by atoms with Crippen LogP contribution in [-0.2, 0) is 19.7 Å². The molecular weight excluding hydrogens is 246 g/mol. The van der Waals surface area contributed by atoms with Crippen LogP contribution in [-0.4, -0.2) is 31.8 Å². The lowest BCUT2D eigenvalue weighted by Gasteiger charge is -2.19. The van der Waals surface area contributed by atoms with Crippen molar-refractivity contribution in [2.24, 2.45) is 0 Å². The molecular formula is C14H11NO4. The fraction of sp³-hybridized carbons (Fsp3) is 0.214. The van der Waals surface area contributed by atoms with Gasteiger partial charge in [-0.1, -0.05) is 6.58 Å². The number of benzene rings is 1. The van der Waals surface area contributed by atoms with Gasteiger partial charge in [0, 0.05) is 23.9 Å². The van der Waals surface area contributed by atoms with E-state index < -0.39 is 11.4 Å². The van der Waals surface area contributed by atoms with Gasteiger partial charge in [-0.25, -0.2) is 4.79 Å². The molecule has 5 nitrogen and oxygen atoms in total. The Morgan fingerprint density at radius 1 is 1.42 bits per heavy atom. The number of ether oxygens (including phenoxy) is 1. The molecule has 0 N–H and O–H groups in total. The number of fused-ring (bicyclic) bond motifs is 2. The third-order valence-corrected chi connectivity index (χ3v) is 3.83. The fourth-order valence-electron chi connectivity index (χ4n) is 2.73. The summed E-state index contributed by atoms with van der Waals surface area (Å²) in [7, 11) is 1.63. The predicted octanol–water partition coefficient (Wildman–Crippen LogP) is 0.826. The lowest BCUT2D eigenvalue weighted by atomic mass is 9.77. The lowest BCUT2D eigenvalue weighted by Crippen LogP contribution is -2.40. The maximum absolute atomic E-state index is 12.5. The first-order chi connectivity index (χ1) is 9.02. The van der Waals surface area contributed by atoms with E-state index in [1.165, 1.54) is 4.90 Å². The summed E-state index contributed by atoms with van der Waals surface area (Å²) in [6.07, 6.45) is 0.706. The number of hydrogen-bond donors (Lipinski definition) is 0. The van der Waals surface area contributed by atoms with Crippen LogP contribution in [0.3, 0.4) is 0 Å². The predicted molar refractivity (Wildman–Crippen MR) is 67.0 cm³/mol. The van der Waals surface area contributed by atoms with E-state index in [2.05, 4.69) is 6.58 Å². The summed E-state index contributed by atoms with van der Waals surface area (Å²) < 4.78 is 4.98. The van der Waals surface area contributed by atoms with E-state index in [0.29, 0.717) is 23.1 Å². The van der Waals surface area contributed by atoms with Crippen molar-refractivity contribution in [2.45, 2.75) is 5.41 Å². The highest BCUT2D eigenvalue weighted by Gasteiger charge is 2.58. The maximum Gasteiger partial charge on any atom is 0.335 e. The lowest BCUT2D eigenvalue weighted by molar-refractivity contribution is -0.135. The van der Waals surface area contributed by atoms with Crippen LogP contribution in [0.15, 0.2) is 30.4 Å². The number of nitrogens with zero attached hydrogens (tertiary/aromatic N) is 1. The number of cyclic esters (lactones) is 1. The summed E-state index contributed by atoms with van der Waals surface area (Å²) in [6.45, 7) is 3.65. The van der Waals surface area contributed by atoms with Crippen molar-refractivity contribution in [3.05, 3.63) is 41.5 Å². The highest BCUT2D eigenvalue weighted by Crippen LogP contribution is 2.48. The normalized spacial score (nSPS) is 24.9. The maximum atomic E-state index is 12.5. The summed E-state index contributed by atoms with van der Waals surface area (Å²) in [4.78, 5) is 36.4. The number of carbonyl (C=O) groups is 3. The molecule has 0 radical (unpaired) electrons. The third kappa shape index (κ3) is 1.22. The van der Waals surface area contributed by atoms with Crippen LogP contribution >= 0.6 is 0 Å². The van der Waals surface area contributed by atoms with Gasteiger partial charge in [0.1, 0.15) is 18.3 Å². The van der Waals surface area contributed by atoms with E-state index in [9.17, 15) is 14.4 Å². The zero-order chi connectivity index (χ0) is 13.8. The smallest absolute Gasteiger partial charge is 0.335 e. The molecule has 1 amide bonds. The van der Waals surface area contributed by atoms with Crippen molar-refractivity contribution in [1.82, 2.24) is 0 Å². The van der Waals surface area contributed by atoms with Crippen LogP contribution in [0.25, 0.3) is 0 Å². The summed E-state index contributed by atoms with van der Waals surface area (Å²) >= 11 is 0. The second kappa shape index (κ2) is 3.54. The highest BCUT2D eigenvalue weighted by atomic mass is 16.5. The molecule has 0 aromatic heterocycles. The van der Waals surface area contributed by atoms with E-state index >= 15 is 0 Å². The number of aldehydes is 1. The minimum atomic E-state index is -1.17. The van der Waals surface area contributed by atoms with Gasteiger partial charge < -0.3 is 9.64 Å². The second-order valence-electron chi connectivity index (χ2n) is 4.72. The summed E-state index contributed by atoms with van der Waals surface area (Å²) in [5.41, 5.74) is 0.704. The zero-order valence-corrected chi connectivity index (χ0v) is 10.3. The highest BCUT2D eigenvalue weighted by molar-refractivity contribution is 6.16. The first kappa shape index (κ1) is 11.6. The molecule has 2 aliphatic rings. The van der Waals surface area contributed by atoms with Gasteiger partial charge in [0.2, 0.25) is 5.91 Å². The second-order valence-corrected chi connectivity index (χ2v) is 4.72. The van der Waals surface area contributed by atoms with Crippen LogP contribution in [0.5, 0.6) is 0 Å². The van der Waals surface area contributed by atoms with Gasteiger partial charge in [-0.2, -0.15) is 0 Å². The first-order valence-electron chi connectivity index (χ1n) is 5.76. The Labute approximate surface area is 109 Å². The van der Waals surface area contributed by atoms with Gasteiger partial charge in [-0.15, -0.1) is 0 Å². The molecule has 0 bridgehead atoms. The quantitative estimate of drug-likeness (QED) is 0.424. The minimum absolute atomic E-state index is 0.0524. The van der Waals surface area contributed by atoms with Gasteiger partial charge in [0.25, 0.3) is 0 Å². The van der Waals surface area contributed by atoms with Crippen molar-refractivity contribution >= 4 is 23.9 Å². The average molecular weight is 257 g/mol. The standard InChI is InChI=1S/C14H11NO4/c1-8-12(17)19-7-14(8)10-5-9(6-16)3-4-11(10)15(2)13(14)18/h3-6H,1,7H2,2H3. The number of hydrogen-bond acceptors (Lipinski definition) is 4. The Morgan fingerprint density at radius 3 is 2.74 bits per heavy atom. The fourth-order valence-corrected chi connectivity index (χ4v) is 2.73. The Morgan fingerprint density at radius 2 is 2.16 bits per heavy atom. The van der Waals surface area contributed by atoms with Crippen molar-refractivity contribution in [3.63, 3.8) is 0 Å². The largest absolute Gasteiger partial charge is 0.460 e. The molecule has 19 heavy (non-hydrogen) atoms. The molecule has 1 spiro atoms. The molecule has 1 saturated heterocycles. The van der Waals surface area contributed by atoms with E-state index in [0.717, 1.165) is 0 Å². The third-order valence-electron chi connectivity index (χ3n) is 3.83. The molecule has 5 heteroatoms. The van der Waals surface area contributed by atoms with Gasteiger partial charge >= 0.3 is 5.97 Å². The molecule has 2 heterocycles. The molecule has 2 aliphatic heterocycles. The Hall–Kier alpha value is -2.43. The number of esters is 1. The summed E-state index contributed by atoms with van der Waals surface area (Å²) in [6, 6.07) is 4.95. The van der Waals surface area contributed by atoms with E-state index in [4.69, 9.17) is 4.74 Å². The van der Waals surface area contributed by atoms with E-state index in [1.54, 1.807) is 25.2 Å². The van der Waals surface area contributed by atoms with Gasteiger partial charge in [0.05, 0.1) is 5.57 Å². The van der Waals surface area contributed by atoms with Crippen LogP contribution in [0.1, 0.15) is 15.9 Å². The molecule has 0 saturated carbocycles. The average Bonchev–Trinajstić information content (AvgIpc) is 2.84. The molecule has 1 unspecified atom stereocenters. The number of amides is 1. The van der Waals surface area contributed by atoms with Gasteiger partial charge in [-0.3, -0.25) is 9.59 Å². The number of likely N-dealkylation sites (N-methyl/N-ethyl adjacent to an activating group) is 1.